The number of nitrogens with one attached hydrogen (secondary N) is 1. The molecule has 0 spiro atoms. The molecule has 146 valence electrons. The van der Waals surface area contributed by atoms with E-state index in [4.69, 9.17) is 4.74 Å². The minimum atomic E-state index is -0.116. The Bertz CT molecular complexity index is 798. The first-order chi connectivity index (χ1) is 12.8. The molecule has 0 radical (unpaired) electrons. The van der Waals surface area contributed by atoms with E-state index >= 15 is 0 Å². The van der Waals surface area contributed by atoms with Gasteiger partial charge in [-0.2, -0.15) is 0 Å². The molecule has 0 aliphatic carbocycles. The molecule has 1 aromatic heterocycles. The number of likely N-dealkylation sites (N-methyl/N-ethyl adjacent to an activating group) is 1. The Hall–Kier alpha value is -2.18. The number of ketones is 1. The zero-order valence-electron chi connectivity index (χ0n) is 16.7. The van der Waals surface area contributed by atoms with E-state index in [0.717, 1.165) is 26.6 Å². The Morgan fingerprint density at radius 2 is 1.89 bits per heavy atom. The van der Waals surface area contributed by atoms with Gasteiger partial charge >= 0.3 is 0 Å². The largest absolute Gasteiger partial charge is 0.496 e. The van der Waals surface area contributed by atoms with Crippen LogP contribution in [-0.4, -0.2) is 44.3 Å². The van der Waals surface area contributed by atoms with Gasteiger partial charge in [-0.1, -0.05) is 18.2 Å². The highest BCUT2D eigenvalue weighted by Crippen LogP contribution is 2.27. The number of Topliss-reactive ketones (excluding diaryl/α,β-unsaturated/α-hetero) is 1. The number of amides is 1. The van der Waals surface area contributed by atoms with Crippen LogP contribution in [0.15, 0.2) is 30.3 Å². The van der Waals surface area contributed by atoms with E-state index in [0.29, 0.717) is 6.54 Å². The van der Waals surface area contributed by atoms with Gasteiger partial charge in [0.2, 0.25) is 5.91 Å². The average molecular weight is 389 g/mol. The molecule has 1 amide bonds. The van der Waals surface area contributed by atoms with Crippen LogP contribution in [0.5, 0.6) is 5.75 Å². The van der Waals surface area contributed by atoms with Crippen molar-refractivity contribution in [2.24, 2.45) is 0 Å². The Kier molecular flexibility index (Phi) is 7.56. The monoisotopic (exact) mass is 388 g/mol. The second-order valence-electron chi connectivity index (χ2n) is 6.78. The number of hydrogen-bond donors (Lipinski definition) is 1. The summed E-state index contributed by atoms with van der Waals surface area (Å²) in [5, 5.41) is 2.95. The number of rotatable bonds is 9. The van der Waals surface area contributed by atoms with Crippen LogP contribution in [0.1, 0.15) is 44.6 Å². The summed E-state index contributed by atoms with van der Waals surface area (Å²) in [7, 11) is 5.58. The fourth-order valence-electron chi connectivity index (χ4n) is 3.08. The lowest BCUT2D eigenvalue weighted by molar-refractivity contribution is -0.121. The number of thiophene rings is 1. The first-order valence-electron chi connectivity index (χ1n) is 8.99. The number of carbonyl (C=O) groups excluding carboxylic acids is 2. The molecule has 2 aromatic rings. The van der Waals surface area contributed by atoms with Crippen LogP contribution in [0.3, 0.4) is 0 Å². The number of ether oxygens (including phenoxy) is 1. The quantitative estimate of drug-likeness (QED) is 0.665. The van der Waals surface area contributed by atoms with Gasteiger partial charge in [-0.25, -0.2) is 0 Å². The van der Waals surface area contributed by atoms with Gasteiger partial charge in [-0.05, 0) is 40.1 Å². The molecule has 5 nitrogen and oxygen atoms in total. The van der Waals surface area contributed by atoms with Crippen molar-refractivity contribution in [2.75, 3.05) is 27.7 Å². The fraction of sp³-hybridized carbons (Fsp3) is 0.429. The normalized spacial score (nSPS) is 12.1. The molecule has 0 bridgehead atoms. The summed E-state index contributed by atoms with van der Waals surface area (Å²) in [6.45, 7) is 4.39. The Balaban J connectivity index is 1.92. The van der Waals surface area contributed by atoms with Crippen molar-refractivity contribution in [1.29, 1.82) is 0 Å². The maximum absolute atomic E-state index is 12.3. The van der Waals surface area contributed by atoms with Gasteiger partial charge in [0, 0.05) is 40.3 Å². The molecule has 0 saturated heterocycles. The van der Waals surface area contributed by atoms with Crippen molar-refractivity contribution in [3.63, 3.8) is 0 Å². The molecule has 0 aliphatic rings. The summed E-state index contributed by atoms with van der Waals surface area (Å²) in [6, 6.07) is 9.69. The van der Waals surface area contributed by atoms with Gasteiger partial charge < -0.3 is 15.0 Å². The van der Waals surface area contributed by atoms with Gasteiger partial charge in [0.15, 0.2) is 5.78 Å². The molecule has 1 atom stereocenters. The smallest absolute Gasteiger partial charge is 0.220 e. The number of para-hydroxylation sites is 1. The second-order valence-corrected chi connectivity index (χ2v) is 8.24. The molecule has 1 unspecified atom stereocenters. The summed E-state index contributed by atoms with van der Waals surface area (Å²) >= 11 is 1.61. The zero-order chi connectivity index (χ0) is 20.0. The molecule has 1 heterocycles. The first-order valence-corrected chi connectivity index (χ1v) is 9.81. The maximum Gasteiger partial charge on any atom is 0.220 e. The van der Waals surface area contributed by atoms with E-state index in [9.17, 15) is 9.59 Å². The molecule has 27 heavy (non-hydrogen) atoms. The number of carbonyl (C=O) groups is 2. The SMILES string of the molecule is COc1ccccc1C(CNC(=O)CCC(=O)c1cc(C)sc1C)N(C)C. The minimum Gasteiger partial charge on any atom is -0.496 e. The lowest BCUT2D eigenvalue weighted by Crippen LogP contribution is -2.34. The molecule has 6 heteroatoms. The molecule has 1 N–H and O–H groups in total. The molecule has 0 aliphatic heterocycles. The standard InChI is InChI=1S/C21H28N2O3S/c1-14-12-17(15(2)27-14)19(24)10-11-21(25)22-13-18(23(3)4)16-8-6-7-9-20(16)26-5/h6-9,12,18H,10-11,13H2,1-5H3,(H,22,25). The van der Waals surface area contributed by atoms with Crippen LogP contribution in [0.2, 0.25) is 0 Å². The van der Waals surface area contributed by atoms with E-state index in [1.54, 1.807) is 18.4 Å². The molecule has 0 saturated carbocycles. The molecule has 1 aromatic carbocycles. The summed E-state index contributed by atoms with van der Waals surface area (Å²) in [5.41, 5.74) is 1.76. The lowest BCUT2D eigenvalue weighted by Gasteiger charge is -2.26. The Labute approximate surface area is 165 Å². The summed E-state index contributed by atoms with van der Waals surface area (Å²) in [4.78, 5) is 28.8. The number of benzene rings is 1. The van der Waals surface area contributed by atoms with E-state index in [1.165, 1.54) is 0 Å². The van der Waals surface area contributed by atoms with Gasteiger partial charge in [-0.3, -0.25) is 9.59 Å². The van der Waals surface area contributed by atoms with Crippen LogP contribution in [0.4, 0.5) is 0 Å². The van der Waals surface area contributed by atoms with Crippen LogP contribution in [-0.2, 0) is 4.79 Å². The van der Waals surface area contributed by atoms with Crippen molar-refractivity contribution in [2.45, 2.75) is 32.7 Å². The van der Waals surface area contributed by atoms with Crippen molar-refractivity contribution in [3.05, 3.63) is 51.2 Å². The molecule has 2 rings (SSSR count). The number of hydrogen-bond acceptors (Lipinski definition) is 5. The van der Waals surface area contributed by atoms with Gasteiger partial charge in [0.05, 0.1) is 13.2 Å². The number of nitrogens with zero attached hydrogens (tertiary/aromatic N) is 1. The zero-order valence-corrected chi connectivity index (χ0v) is 17.5. The predicted molar refractivity (Wildman–Crippen MR) is 110 cm³/mol. The van der Waals surface area contributed by atoms with Crippen LogP contribution < -0.4 is 10.1 Å². The van der Waals surface area contributed by atoms with Crippen LogP contribution >= 0.6 is 11.3 Å². The fourth-order valence-corrected chi connectivity index (χ4v) is 4.02. The first kappa shape index (κ1) is 21.1. The lowest BCUT2D eigenvalue weighted by atomic mass is 10.0. The second kappa shape index (κ2) is 9.67. The molecular weight excluding hydrogens is 360 g/mol. The third-order valence-electron chi connectivity index (χ3n) is 4.53. The van der Waals surface area contributed by atoms with E-state index in [2.05, 4.69) is 5.32 Å². The molecular formula is C21H28N2O3S. The Morgan fingerprint density at radius 1 is 1.19 bits per heavy atom. The van der Waals surface area contributed by atoms with Crippen LogP contribution in [0, 0.1) is 13.8 Å². The number of methoxy groups -OCH3 is 1. The van der Waals surface area contributed by atoms with Crippen molar-refractivity contribution >= 4 is 23.0 Å². The summed E-state index contributed by atoms with van der Waals surface area (Å²) < 4.78 is 5.44. The van der Waals surface area contributed by atoms with E-state index < -0.39 is 0 Å². The van der Waals surface area contributed by atoms with Crippen molar-refractivity contribution in [3.8, 4) is 5.75 Å². The molecule has 0 fully saturated rings. The van der Waals surface area contributed by atoms with Gasteiger partial charge in [0.25, 0.3) is 0 Å². The highest BCUT2D eigenvalue weighted by Gasteiger charge is 2.19. The van der Waals surface area contributed by atoms with E-state index in [1.807, 2.05) is 63.2 Å². The highest BCUT2D eigenvalue weighted by atomic mass is 32.1. The van der Waals surface area contributed by atoms with E-state index in [-0.39, 0.29) is 30.6 Å². The third kappa shape index (κ3) is 5.65. The van der Waals surface area contributed by atoms with Gasteiger partial charge in [-0.15, -0.1) is 11.3 Å². The highest BCUT2D eigenvalue weighted by molar-refractivity contribution is 7.12. The minimum absolute atomic E-state index is 0.0115. The average Bonchev–Trinajstić information content (AvgIpc) is 2.98. The summed E-state index contributed by atoms with van der Waals surface area (Å²) in [5.74, 6) is 0.708. The topological polar surface area (TPSA) is 58.6 Å². The number of aryl methyl sites for hydroxylation is 2. The van der Waals surface area contributed by atoms with Crippen molar-refractivity contribution < 1.29 is 14.3 Å². The summed E-state index contributed by atoms with van der Waals surface area (Å²) in [6.07, 6.45) is 0.420. The van der Waals surface area contributed by atoms with Crippen LogP contribution in [0.25, 0.3) is 0 Å². The Morgan fingerprint density at radius 3 is 2.48 bits per heavy atom. The predicted octanol–water partition coefficient (Wildman–Crippen LogP) is 3.76. The van der Waals surface area contributed by atoms with Gasteiger partial charge in [0.1, 0.15) is 5.75 Å². The van der Waals surface area contributed by atoms with Crippen molar-refractivity contribution in [1.82, 2.24) is 10.2 Å². The third-order valence-corrected chi connectivity index (χ3v) is 5.50. The maximum atomic E-state index is 12.3.